The van der Waals surface area contributed by atoms with Crippen molar-refractivity contribution in [1.29, 1.82) is 0 Å². The molecule has 1 aliphatic rings. The lowest BCUT2D eigenvalue weighted by molar-refractivity contribution is 0.690. The van der Waals surface area contributed by atoms with Crippen LogP contribution in [-0.2, 0) is 6.54 Å². The van der Waals surface area contributed by atoms with E-state index in [0.717, 1.165) is 32.6 Å². The molecule has 1 heterocycles. The van der Waals surface area contributed by atoms with Crippen LogP contribution in [0, 0.1) is 11.8 Å². The smallest absolute Gasteiger partial charge is 0.0412 e. The van der Waals surface area contributed by atoms with Gasteiger partial charge in [0.05, 0.1) is 0 Å². The Hall–Kier alpha value is -1.46. The minimum absolute atomic E-state index is 0.949. The summed E-state index contributed by atoms with van der Waals surface area (Å²) in [5.74, 6) is 6.09. The molecule has 1 aliphatic heterocycles. The second kappa shape index (κ2) is 5.58. The molecule has 0 fully saturated rings. The van der Waals surface area contributed by atoms with Crippen molar-refractivity contribution in [2.24, 2.45) is 0 Å². The molecule has 0 saturated carbocycles. The predicted octanol–water partition coefficient (Wildman–Crippen LogP) is 2.01. The Balaban J connectivity index is 2.14. The number of benzene rings is 1. The van der Waals surface area contributed by atoms with Crippen molar-refractivity contribution in [2.45, 2.75) is 19.9 Å². The summed E-state index contributed by atoms with van der Waals surface area (Å²) in [5, 5.41) is 3.45. The number of para-hydroxylation sites is 1. The van der Waals surface area contributed by atoms with E-state index in [1.165, 1.54) is 11.3 Å². The van der Waals surface area contributed by atoms with Crippen LogP contribution in [-0.4, -0.2) is 19.6 Å². The molecular formula is C14H18N2. The zero-order valence-corrected chi connectivity index (χ0v) is 9.79. The Morgan fingerprint density at radius 3 is 3.12 bits per heavy atom. The third-order valence-corrected chi connectivity index (χ3v) is 2.89. The molecule has 16 heavy (non-hydrogen) atoms. The van der Waals surface area contributed by atoms with E-state index in [4.69, 9.17) is 0 Å². The Kier molecular flexibility index (Phi) is 3.85. The van der Waals surface area contributed by atoms with Gasteiger partial charge in [0.1, 0.15) is 0 Å². The molecule has 0 spiro atoms. The van der Waals surface area contributed by atoms with Crippen molar-refractivity contribution in [3.63, 3.8) is 0 Å². The molecule has 0 radical (unpaired) electrons. The van der Waals surface area contributed by atoms with Gasteiger partial charge in [-0.3, -0.25) is 0 Å². The number of anilines is 1. The molecule has 0 saturated heterocycles. The van der Waals surface area contributed by atoms with Gasteiger partial charge < -0.3 is 10.2 Å². The average Bonchev–Trinajstić information content (AvgIpc) is 2.52. The second-order valence-electron chi connectivity index (χ2n) is 3.97. The van der Waals surface area contributed by atoms with Crippen LogP contribution in [0.3, 0.4) is 0 Å². The van der Waals surface area contributed by atoms with Crippen LogP contribution in [0.2, 0.25) is 0 Å². The number of hydrogen-bond acceptors (Lipinski definition) is 2. The van der Waals surface area contributed by atoms with Gasteiger partial charge in [0.25, 0.3) is 0 Å². The van der Waals surface area contributed by atoms with Crippen LogP contribution in [0.15, 0.2) is 24.3 Å². The van der Waals surface area contributed by atoms with Crippen molar-refractivity contribution in [3.8, 4) is 11.8 Å². The lowest BCUT2D eigenvalue weighted by Crippen LogP contribution is -2.29. The Labute approximate surface area is 97.7 Å². The predicted molar refractivity (Wildman–Crippen MR) is 68.4 cm³/mol. The summed E-state index contributed by atoms with van der Waals surface area (Å²) in [5.41, 5.74) is 2.76. The largest absolute Gasteiger partial charge is 0.369 e. The van der Waals surface area contributed by atoms with E-state index in [2.05, 4.69) is 46.3 Å². The third kappa shape index (κ3) is 2.56. The molecule has 1 aromatic rings. The van der Waals surface area contributed by atoms with Crippen LogP contribution in [0.1, 0.15) is 18.9 Å². The fourth-order valence-corrected chi connectivity index (χ4v) is 2.07. The first-order valence-corrected chi connectivity index (χ1v) is 5.85. The van der Waals surface area contributed by atoms with Gasteiger partial charge >= 0.3 is 0 Å². The normalized spacial score (nSPS) is 14.7. The van der Waals surface area contributed by atoms with Crippen LogP contribution < -0.4 is 10.2 Å². The first-order valence-electron chi connectivity index (χ1n) is 5.85. The highest BCUT2D eigenvalue weighted by atomic mass is 15.2. The molecule has 0 bridgehead atoms. The summed E-state index contributed by atoms with van der Waals surface area (Å²) in [7, 11) is 0. The maximum Gasteiger partial charge on any atom is 0.0412 e. The standard InChI is InChI=1S/C14H18N2/c1-2-3-6-10-16-11-9-15-12-13-7-4-5-8-14(13)16/h4-5,7-8,15H,6,9-12H2,1H3. The highest BCUT2D eigenvalue weighted by Crippen LogP contribution is 2.21. The molecular weight excluding hydrogens is 196 g/mol. The summed E-state index contributed by atoms with van der Waals surface area (Å²) in [6.45, 7) is 6.03. The van der Waals surface area contributed by atoms with Gasteiger partial charge in [-0.2, -0.15) is 0 Å². The zero-order chi connectivity index (χ0) is 11.2. The number of hydrogen-bond donors (Lipinski definition) is 1. The number of nitrogens with zero attached hydrogens (tertiary/aromatic N) is 1. The van der Waals surface area contributed by atoms with Gasteiger partial charge in [0.15, 0.2) is 0 Å². The first kappa shape index (κ1) is 11.0. The quantitative estimate of drug-likeness (QED) is 0.758. The van der Waals surface area contributed by atoms with E-state index in [9.17, 15) is 0 Å². The van der Waals surface area contributed by atoms with Crippen LogP contribution >= 0.6 is 0 Å². The van der Waals surface area contributed by atoms with Gasteiger partial charge in [-0.1, -0.05) is 18.2 Å². The fraction of sp³-hybridized carbons (Fsp3) is 0.429. The third-order valence-electron chi connectivity index (χ3n) is 2.89. The van der Waals surface area contributed by atoms with Gasteiger partial charge in [0, 0.05) is 38.3 Å². The van der Waals surface area contributed by atoms with E-state index in [-0.39, 0.29) is 0 Å². The van der Waals surface area contributed by atoms with Crippen molar-refractivity contribution in [2.75, 3.05) is 24.5 Å². The fourth-order valence-electron chi connectivity index (χ4n) is 2.07. The maximum absolute atomic E-state index is 3.45. The molecule has 84 valence electrons. The molecule has 2 heteroatoms. The van der Waals surface area contributed by atoms with Crippen LogP contribution in [0.25, 0.3) is 0 Å². The van der Waals surface area contributed by atoms with E-state index in [0.29, 0.717) is 0 Å². The van der Waals surface area contributed by atoms with Gasteiger partial charge in [-0.05, 0) is 18.6 Å². The summed E-state index contributed by atoms with van der Waals surface area (Å²) in [6.07, 6.45) is 0.949. The van der Waals surface area contributed by atoms with E-state index in [1.54, 1.807) is 0 Å². The Morgan fingerprint density at radius 2 is 2.25 bits per heavy atom. The first-order chi connectivity index (χ1) is 7.92. The number of rotatable bonds is 2. The Morgan fingerprint density at radius 1 is 1.38 bits per heavy atom. The summed E-state index contributed by atoms with van der Waals surface area (Å²) in [4.78, 5) is 2.43. The van der Waals surface area contributed by atoms with Crippen LogP contribution in [0.4, 0.5) is 5.69 Å². The molecule has 0 amide bonds. The van der Waals surface area contributed by atoms with Crippen LogP contribution in [0.5, 0.6) is 0 Å². The number of fused-ring (bicyclic) bond motifs is 1. The molecule has 0 atom stereocenters. The monoisotopic (exact) mass is 214 g/mol. The molecule has 1 aromatic carbocycles. The average molecular weight is 214 g/mol. The molecule has 0 aromatic heterocycles. The lowest BCUT2D eigenvalue weighted by atomic mass is 10.1. The van der Waals surface area contributed by atoms with Gasteiger partial charge in [-0.25, -0.2) is 0 Å². The van der Waals surface area contributed by atoms with Crippen molar-refractivity contribution in [3.05, 3.63) is 29.8 Å². The van der Waals surface area contributed by atoms with E-state index < -0.39 is 0 Å². The minimum atomic E-state index is 0.949. The van der Waals surface area contributed by atoms with E-state index in [1.807, 2.05) is 6.92 Å². The Bertz CT molecular complexity index is 401. The van der Waals surface area contributed by atoms with Gasteiger partial charge in [0.2, 0.25) is 0 Å². The molecule has 0 aliphatic carbocycles. The van der Waals surface area contributed by atoms with Gasteiger partial charge in [-0.15, -0.1) is 11.8 Å². The molecule has 0 unspecified atom stereocenters. The topological polar surface area (TPSA) is 15.3 Å². The highest BCUT2D eigenvalue weighted by molar-refractivity contribution is 5.54. The summed E-state index contributed by atoms with van der Waals surface area (Å²) in [6, 6.07) is 8.63. The summed E-state index contributed by atoms with van der Waals surface area (Å²) < 4.78 is 0. The highest BCUT2D eigenvalue weighted by Gasteiger charge is 2.12. The lowest BCUT2D eigenvalue weighted by Gasteiger charge is -2.23. The maximum atomic E-state index is 3.45. The second-order valence-corrected chi connectivity index (χ2v) is 3.97. The summed E-state index contributed by atoms with van der Waals surface area (Å²) >= 11 is 0. The van der Waals surface area contributed by atoms with Crippen molar-refractivity contribution >= 4 is 5.69 Å². The van der Waals surface area contributed by atoms with Crippen molar-refractivity contribution < 1.29 is 0 Å². The van der Waals surface area contributed by atoms with E-state index >= 15 is 0 Å². The molecule has 2 nitrogen and oxygen atoms in total. The minimum Gasteiger partial charge on any atom is -0.369 e. The van der Waals surface area contributed by atoms with Crippen molar-refractivity contribution in [1.82, 2.24) is 5.32 Å². The molecule has 1 N–H and O–H groups in total. The number of nitrogens with one attached hydrogen (secondary N) is 1. The molecule has 2 rings (SSSR count). The zero-order valence-electron chi connectivity index (χ0n) is 9.79. The SMILES string of the molecule is CC#CCCN1CCNCc2ccccc21.